The van der Waals surface area contributed by atoms with E-state index in [2.05, 4.69) is 0 Å². The Morgan fingerprint density at radius 2 is 1.50 bits per heavy atom. The molecule has 0 radical (unpaired) electrons. The molecule has 22 heavy (non-hydrogen) atoms. The van der Waals surface area contributed by atoms with Crippen molar-refractivity contribution in [2.75, 3.05) is 12.4 Å². The maximum atomic E-state index is 11.8. The second-order valence-electron chi connectivity index (χ2n) is 5.15. The summed E-state index contributed by atoms with van der Waals surface area (Å²) in [5, 5.41) is 9.28. The van der Waals surface area contributed by atoms with Gasteiger partial charge in [-0.15, -0.1) is 11.6 Å². The number of benzene rings is 2. The van der Waals surface area contributed by atoms with Crippen molar-refractivity contribution in [2.45, 2.75) is 5.92 Å². The van der Waals surface area contributed by atoms with Crippen LogP contribution in [0, 0.1) is 0 Å². The number of carbonyl (C=O) groups excluding carboxylic acids is 1. The van der Waals surface area contributed by atoms with E-state index in [1.807, 2.05) is 48.5 Å². The zero-order valence-electron chi connectivity index (χ0n) is 11.7. The number of halogens is 1. The first-order valence-corrected chi connectivity index (χ1v) is 7.44. The van der Waals surface area contributed by atoms with Gasteiger partial charge in [-0.1, -0.05) is 48.5 Å². The molecule has 0 bridgehead atoms. The smallest absolute Gasteiger partial charge is 0.414 e. The zero-order chi connectivity index (χ0) is 15.7. The molecule has 0 heterocycles. The highest BCUT2D eigenvalue weighted by atomic mass is 35.5. The van der Waals surface area contributed by atoms with Crippen molar-refractivity contribution in [1.82, 2.24) is 4.90 Å². The molecule has 1 aliphatic rings. The molecule has 112 valence electrons. The molecule has 0 unspecified atom stereocenters. The van der Waals surface area contributed by atoms with Gasteiger partial charge in [0.25, 0.3) is 0 Å². The van der Waals surface area contributed by atoms with Crippen molar-refractivity contribution in [3.63, 3.8) is 0 Å². The SMILES string of the molecule is O=C(O)N(CC1c2ccccc2-c2ccccc21)C(=O)CCl. The lowest BCUT2D eigenvalue weighted by Gasteiger charge is -2.22. The Labute approximate surface area is 132 Å². The van der Waals surface area contributed by atoms with Crippen LogP contribution < -0.4 is 0 Å². The van der Waals surface area contributed by atoms with E-state index in [1.165, 1.54) is 0 Å². The van der Waals surface area contributed by atoms with Crippen LogP contribution in [0.3, 0.4) is 0 Å². The van der Waals surface area contributed by atoms with Gasteiger partial charge in [0.1, 0.15) is 5.88 Å². The average Bonchev–Trinajstić information content (AvgIpc) is 2.86. The summed E-state index contributed by atoms with van der Waals surface area (Å²) in [7, 11) is 0. The predicted molar refractivity (Wildman–Crippen MR) is 84.2 cm³/mol. The number of carbonyl (C=O) groups is 2. The number of amides is 2. The van der Waals surface area contributed by atoms with Crippen molar-refractivity contribution in [2.24, 2.45) is 0 Å². The first-order valence-electron chi connectivity index (χ1n) is 6.91. The topological polar surface area (TPSA) is 57.6 Å². The van der Waals surface area contributed by atoms with E-state index in [9.17, 15) is 14.7 Å². The van der Waals surface area contributed by atoms with Crippen LogP contribution in [0.5, 0.6) is 0 Å². The molecule has 0 aliphatic heterocycles. The van der Waals surface area contributed by atoms with Gasteiger partial charge < -0.3 is 5.11 Å². The normalized spacial score (nSPS) is 12.6. The molecule has 4 nitrogen and oxygen atoms in total. The van der Waals surface area contributed by atoms with Crippen LogP contribution in [0.25, 0.3) is 11.1 Å². The third-order valence-corrected chi connectivity index (χ3v) is 4.20. The summed E-state index contributed by atoms with van der Waals surface area (Å²) in [5.41, 5.74) is 4.26. The fourth-order valence-corrected chi connectivity index (χ4v) is 3.14. The Bertz CT molecular complexity index is 699. The van der Waals surface area contributed by atoms with Gasteiger partial charge >= 0.3 is 6.09 Å². The van der Waals surface area contributed by atoms with Crippen LogP contribution in [0.4, 0.5) is 4.79 Å². The molecule has 5 heteroatoms. The first-order chi connectivity index (χ1) is 10.6. The van der Waals surface area contributed by atoms with Gasteiger partial charge in [-0.3, -0.25) is 4.79 Å². The van der Waals surface area contributed by atoms with Crippen LogP contribution in [0.1, 0.15) is 17.0 Å². The highest BCUT2D eigenvalue weighted by molar-refractivity contribution is 6.28. The van der Waals surface area contributed by atoms with Crippen LogP contribution in [-0.4, -0.2) is 34.4 Å². The fraction of sp³-hybridized carbons (Fsp3) is 0.176. The van der Waals surface area contributed by atoms with Gasteiger partial charge in [0.05, 0.1) is 0 Å². The second-order valence-corrected chi connectivity index (χ2v) is 5.41. The molecular weight excluding hydrogens is 302 g/mol. The third kappa shape index (κ3) is 2.35. The summed E-state index contributed by atoms with van der Waals surface area (Å²) in [4.78, 5) is 23.9. The Morgan fingerprint density at radius 1 is 1.00 bits per heavy atom. The van der Waals surface area contributed by atoms with Crippen molar-refractivity contribution >= 4 is 23.6 Å². The number of hydrogen-bond donors (Lipinski definition) is 1. The molecule has 1 N–H and O–H groups in total. The molecule has 3 rings (SSSR count). The Morgan fingerprint density at radius 3 is 1.95 bits per heavy atom. The number of fused-ring (bicyclic) bond motifs is 3. The van der Waals surface area contributed by atoms with E-state index in [1.54, 1.807) is 0 Å². The molecule has 0 saturated heterocycles. The minimum atomic E-state index is -1.27. The summed E-state index contributed by atoms with van der Waals surface area (Å²) < 4.78 is 0. The minimum absolute atomic E-state index is 0.0783. The average molecular weight is 316 g/mol. The molecule has 2 aromatic carbocycles. The maximum absolute atomic E-state index is 11.8. The molecule has 2 amide bonds. The quantitative estimate of drug-likeness (QED) is 0.881. The van der Waals surface area contributed by atoms with E-state index in [4.69, 9.17) is 11.6 Å². The molecule has 1 aliphatic carbocycles. The highest BCUT2D eigenvalue weighted by Crippen LogP contribution is 2.44. The van der Waals surface area contributed by atoms with Gasteiger partial charge in [0, 0.05) is 12.5 Å². The van der Waals surface area contributed by atoms with Gasteiger partial charge in [-0.2, -0.15) is 0 Å². The van der Waals surface area contributed by atoms with Crippen molar-refractivity contribution in [3.05, 3.63) is 59.7 Å². The van der Waals surface area contributed by atoms with Crippen LogP contribution in [0.2, 0.25) is 0 Å². The molecule has 0 saturated carbocycles. The lowest BCUT2D eigenvalue weighted by Crippen LogP contribution is -2.39. The largest absolute Gasteiger partial charge is 0.465 e. The number of hydrogen-bond acceptors (Lipinski definition) is 2. The Hall–Kier alpha value is -2.33. The van der Waals surface area contributed by atoms with Crippen molar-refractivity contribution in [1.29, 1.82) is 0 Å². The molecule has 0 aromatic heterocycles. The Kier molecular flexibility index (Phi) is 3.86. The fourth-order valence-electron chi connectivity index (χ4n) is 3.00. The van der Waals surface area contributed by atoms with Gasteiger partial charge in [-0.05, 0) is 22.3 Å². The minimum Gasteiger partial charge on any atom is -0.465 e. The van der Waals surface area contributed by atoms with Crippen molar-refractivity contribution < 1.29 is 14.7 Å². The lowest BCUT2D eigenvalue weighted by atomic mass is 9.96. The summed E-state index contributed by atoms with van der Waals surface area (Å²) in [6.07, 6.45) is -1.27. The number of imide groups is 1. The van der Waals surface area contributed by atoms with Crippen LogP contribution >= 0.6 is 11.6 Å². The molecular formula is C17H14ClNO3. The summed E-state index contributed by atoms with van der Waals surface area (Å²) >= 11 is 5.52. The van der Waals surface area contributed by atoms with E-state index >= 15 is 0 Å². The number of nitrogens with zero attached hydrogens (tertiary/aromatic N) is 1. The van der Waals surface area contributed by atoms with E-state index in [0.717, 1.165) is 27.2 Å². The second kappa shape index (κ2) is 5.81. The van der Waals surface area contributed by atoms with Crippen LogP contribution in [-0.2, 0) is 4.79 Å². The molecule has 2 aromatic rings. The Balaban J connectivity index is 2.03. The number of alkyl halides is 1. The standard InChI is InChI=1S/C17H14ClNO3/c18-9-16(20)19(17(21)22)10-15-13-7-3-1-5-11(13)12-6-2-4-8-14(12)15/h1-8,15H,9-10H2,(H,21,22). The van der Waals surface area contributed by atoms with Gasteiger partial charge in [0.2, 0.25) is 5.91 Å². The number of rotatable bonds is 3. The first kappa shape index (κ1) is 14.6. The lowest BCUT2D eigenvalue weighted by molar-refractivity contribution is -0.126. The summed E-state index contributed by atoms with van der Waals surface area (Å²) in [6.45, 7) is 0.0783. The summed E-state index contributed by atoms with van der Waals surface area (Å²) in [5.74, 6) is -1.10. The van der Waals surface area contributed by atoms with Crippen molar-refractivity contribution in [3.8, 4) is 11.1 Å². The highest BCUT2D eigenvalue weighted by Gasteiger charge is 2.32. The zero-order valence-corrected chi connectivity index (χ0v) is 12.5. The maximum Gasteiger partial charge on any atom is 0.414 e. The van der Waals surface area contributed by atoms with E-state index in [0.29, 0.717) is 0 Å². The molecule has 0 atom stereocenters. The van der Waals surface area contributed by atoms with Crippen LogP contribution in [0.15, 0.2) is 48.5 Å². The molecule has 0 spiro atoms. The third-order valence-electron chi connectivity index (χ3n) is 3.97. The monoisotopic (exact) mass is 315 g/mol. The van der Waals surface area contributed by atoms with E-state index < -0.39 is 12.0 Å². The van der Waals surface area contributed by atoms with Gasteiger partial charge in [0.15, 0.2) is 0 Å². The van der Waals surface area contributed by atoms with E-state index in [-0.39, 0.29) is 18.3 Å². The predicted octanol–water partition coefficient (Wildman–Crippen LogP) is 3.54. The summed E-state index contributed by atoms with van der Waals surface area (Å²) in [6, 6.07) is 15.7. The molecule has 0 fully saturated rings. The van der Waals surface area contributed by atoms with Gasteiger partial charge in [-0.25, -0.2) is 9.69 Å². The number of carboxylic acid groups (broad SMARTS) is 1.